The van der Waals surface area contributed by atoms with Gasteiger partial charge in [0.05, 0.1) is 7.11 Å². The predicted octanol–water partition coefficient (Wildman–Crippen LogP) is 4.04. The van der Waals surface area contributed by atoms with Gasteiger partial charge in [-0.25, -0.2) is 0 Å². The van der Waals surface area contributed by atoms with E-state index in [0.29, 0.717) is 17.6 Å². The van der Waals surface area contributed by atoms with Crippen molar-refractivity contribution in [3.63, 3.8) is 0 Å². The topological polar surface area (TPSA) is 26.3 Å². The van der Waals surface area contributed by atoms with Crippen molar-refractivity contribution >= 4 is 5.78 Å². The monoisotopic (exact) mass is 282 g/mol. The minimum absolute atomic E-state index is 0.0771. The van der Waals surface area contributed by atoms with Crippen molar-refractivity contribution in [2.45, 2.75) is 44.9 Å². The van der Waals surface area contributed by atoms with E-state index < -0.39 is 0 Å². The highest BCUT2D eigenvalue weighted by atomic mass is 16.5. The minimum atomic E-state index is -0.0771. The van der Waals surface area contributed by atoms with E-state index in [0.717, 1.165) is 37.9 Å². The molecule has 21 heavy (non-hydrogen) atoms. The fourth-order valence-corrected chi connectivity index (χ4v) is 4.85. The summed E-state index contributed by atoms with van der Waals surface area (Å²) in [5.74, 6) is 2.46. The summed E-state index contributed by atoms with van der Waals surface area (Å²) in [7, 11) is 1.72. The van der Waals surface area contributed by atoms with Gasteiger partial charge in [0.2, 0.25) is 0 Å². The number of carbonyl (C=O) groups excluding carboxylic acids is 1. The van der Waals surface area contributed by atoms with Gasteiger partial charge in [-0.05, 0) is 54.9 Å². The van der Waals surface area contributed by atoms with Crippen LogP contribution in [0.4, 0.5) is 0 Å². The lowest BCUT2D eigenvalue weighted by Gasteiger charge is -2.43. The van der Waals surface area contributed by atoms with Crippen LogP contribution in [0.3, 0.4) is 0 Å². The molecule has 0 N–H and O–H groups in total. The summed E-state index contributed by atoms with van der Waals surface area (Å²) in [5.41, 5.74) is 4.34. The molecular formula is C19H22O2. The summed E-state index contributed by atoms with van der Waals surface area (Å²) >= 11 is 0. The summed E-state index contributed by atoms with van der Waals surface area (Å²) in [4.78, 5) is 12.3. The van der Waals surface area contributed by atoms with Gasteiger partial charge in [0.1, 0.15) is 11.5 Å². The van der Waals surface area contributed by atoms with Crippen molar-refractivity contribution < 1.29 is 9.53 Å². The molecule has 3 aliphatic rings. The maximum Gasteiger partial charge on any atom is 0.139 e. The summed E-state index contributed by atoms with van der Waals surface area (Å²) in [5, 5.41) is 0. The van der Waals surface area contributed by atoms with Crippen molar-refractivity contribution in [1.82, 2.24) is 0 Å². The molecule has 0 saturated heterocycles. The van der Waals surface area contributed by atoms with E-state index in [4.69, 9.17) is 4.74 Å². The highest BCUT2D eigenvalue weighted by Crippen LogP contribution is 2.57. The second kappa shape index (κ2) is 4.46. The average Bonchev–Trinajstić information content (AvgIpc) is 2.82. The molecule has 0 amide bonds. The average molecular weight is 282 g/mol. The molecule has 1 aromatic carbocycles. The molecular weight excluding hydrogens is 260 g/mol. The molecule has 2 fully saturated rings. The smallest absolute Gasteiger partial charge is 0.139 e. The van der Waals surface area contributed by atoms with Crippen LogP contribution in [-0.4, -0.2) is 12.9 Å². The zero-order valence-electron chi connectivity index (χ0n) is 12.8. The lowest BCUT2D eigenvalue weighted by molar-refractivity contribution is -0.126. The van der Waals surface area contributed by atoms with Gasteiger partial charge in [-0.2, -0.15) is 0 Å². The normalized spacial score (nSPS) is 33.8. The van der Waals surface area contributed by atoms with Gasteiger partial charge in [-0.3, -0.25) is 4.79 Å². The van der Waals surface area contributed by atoms with Gasteiger partial charge in [0.25, 0.3) is 0 Å². The number of hydrogen-bond acceptors (Lipinski definition) is 2. The molecule has 0 spiro atoms. The van der Waals surface area contributed by atoms with Gasteiger partial charge in [0, 0.05) is 17.8 Å². The van der Waals surface area contributed by atoms with Crippen molar-refractivity contribution in [2.24, 2.45) is 11.3 Å². The molecule has 0 heterocycles. The van der Waals surface area contributed by atoms with E-state index in [2.05, 4.69) is 31.2 Å². The van der Waals surface area contributed by atoms with Crippen LogP contribution in [0.1, 0.15) is 49.7 Å². The largest absolute Gasteiger partial charge is 0.497 e. The minimum Gasteiger partial charge on any atom is -0.497 e. The molecule has 1 aromatic rings. The summed E-state index contributed by atoms with van der Waals surface area (Å²) < 4.78 is 5.35. The Bertz CT molecular complexity index is 643. The van der Waals surface area contributed by atoms with Crippen molar-refractivity contribution in [2.75, 3.05) is 7.11 Å². The second-order valence-corrected chi connectivity index (χ2v) is 7.00. The standard InChI is InChI=1S/C19H22O2/c1-19-10-9-15-14-6-4-13(21-2)11-12(14)3-5-16(15)17(19)7-8-18(19)20/h4-6,11,15,17H,3,7-10H2,1-2H3/t15-,17+,19+/m1/s1. The number of hydrogen-bond donors (Lipinski definition) is 0. The lowest BCUT2D eigenvalue weighted by Crippen LogP contribution is -2.37. The number of carbonyl (C=O) groups is 1. The van der Waals surface area contributed by atoms with Gasteiger partial charge in [-0.15, -0.1) is 0 Å². The van der Waals surface area contributed by atoms with Crippen LogP contribution in [0.25, 0.3) is 0 Å². The number of fused-ring (bicyclic) bond motifs is 5. The first kappa shape index (κ1) is 13.1. The number of benzene rings is 1. The fraction of sp³-hybridized carbons (Fsp3) is 0.526. The molecule has 4 rings (SSSR count). The van der Waals surface area contributed by atoms with Crippen LogP contribution in [0.15, 0.2) is 29.8 Å². The Morgan fingerprint density at radius 1 is 1.29 bits per heavy atom. The maximum atomic E-state index is 12.3. The van der Waals surface area contributed by atoms with Gasteiger partial charge in [0.15, 0.2) is 0 Å². The Morgan fingerprint density at radius 3 is 2.95 bits per heavy atom. The SMILES string of the molecule is COc1ccc2c(c1)CC=C1[C@@H]2CC[C@]2(C)C(=O)CC[C@@H]12. The Kier molecular flexibility index (Phi) is 2.79. The zero-order valence-corrected chi connectivity index (χ0v) is 12.8. The van der Waals surface area contributed by atoms with Crippen LogP contribution in [-0.2, 0) is 11.2 Å². The Labute approximate surface area is 126 Å². The summed E-state index contributed by atoms with van der Waals surface area (Å²) in [6, 6.07) is 6.50. The van der Waals surface area contributed by atoms with Crippen LogP contribution in [0, 0.1) is 11.3 Å². The van der Waals surface area contributed by atoms with Crippen molar-refractivity contribution in [3.05, 3.63) is 41.0 Å². The van der Waals surface area contributed by atoms with E-state index in [9.17, 15) is 4.79 Å². The van der Waals surface area contributed by atoms with Crippen LogP contribution < -0.4 is 4.74 Å². The van der Waals surface area contributed by atoms with E-state index in [-0.39, 0.29) is 5.41 Å². The second-order valence-electron chi connectivity index (χ2n) is 7.00. The van der Waals surface area contributed by atoms with Gasteiger partial charge in [-0.1, -0.05) is 24.6 Å². The molecule has 0 aliphatic heterocycles. The molecule has 0 radical (unpaired) electrons. The number of methoxy groups -OCH3 is 1. The van der Waals surface area contributed by atoms with Crippen molar-refractivity contribution in [3.8, 4) is 5.75 Å². The Morgan fingerprint density at radius 2 is 2.14 bits per heavy atom. The Balaban J connectivity index is 1.74. The molecule has 2 heteroatoms. The first-order valence-corrected chi connectivity index (χ1v) is 8.03. The molecule has 3 aliphatic carbocycles. The highest BCUT2D eigenvalue weighted by molar-refractivity contribution is 5.88. The molecule has 0 aromatic heterocycles. The molecule has 110 valence electrons. The van der Waals surface area contributed by atoms with E-state index >= 15 is 0 Å². The number of rotatable bonds is 1. The molecule has 2 nitrogen and oxygen atoms in total. The third-order valence-corrected chi connectivity index (χ3v) is 6.11. The first-order chi connectivity index (χ1) is 10.1. The summed E-state index contributed by atoms with van der Waals surface area (Å²) in [6.45, 7) is 2.20. The van der Waals surface area contributed by atoms with Crippen LogP contribution in [0.2, 0.25) is 0 Å². The number of allylic oxidation sites excluding steroid dienone is 2. The molecule has 2 saturated carbocycles. The van der Waals surface area contributed by atoms with Crippen molar-refractivity contribution in [1.29, 1.82) is 0 Å². The molecule has 0 unspecified atom stereocenters. The first-order valence-electron chi connectivity index (χ1n) is 8.03. The quantitative estimate of drug-likeness (QED) is 0.727. The third-order valence-electron chi connectivity index (χ3n) is 6.11. The van der Waals surface area contributed by atoms with Gasteiger partial charge < -0.3 is 4.74 Å². The van der Waals surface area contributed by atoms with E-state index in [1.807, 2.05) is 0 Å². The van der Waals surface area contributed by atoms with E-state index in [1.54, 1.807) is 12.7 Å². The summed E-state index contributed by atoms with van der Waals surface area (Å²) in [6.07, 6.45) is 7.39. The Hall–Kier alpha value is -1.57. The maximum absolute atomic E-state index is 12.3. The molecule has 0 bridgehead atoms. The highest BCUT2D eigenvalue weighted by Gasteiger charge is 2.52. The third kappa shape index (κ3) is 1.74. The number of Topliss-reactive ketones (excluding diaryl/α,β-unsaturated/α-hetero) is 1. The van der Waals surface area contributed by atoms with Crippen LogP contribution >= 0.6 is 0 Å². The number of ketones is 1. The van der Waals surface area contributed by atoms with Crippen LogP contribution in [0.5, 0.6) is 5.75 Å². The van der Waals surface area contributed by atoms with Gasteiger partial charge >= 0.3 is 0 Å². The predicted molar refractivity (Wildman–Crippen MR) is 82.6 cm³/mol. The lowest BCUT2D eigenvalue weighted by atomic mass is 9.60. The molecule has 3 atom stereocenters. The fourth-order valence-electron chi connectivity index (χ4n) is 4.85. The number of ether oxygens (including phenoxy) is 1. The van der Waals surface area contributed by atoms with E-state index in [1.165, 1.54) is 11.1 Å². The zero-order chi connectivity index (χ0) is 14.6.